The van der Waals surface area contributed by atoms with E-state index in [2.05, 4.69) is 15.9 Å². The zero-order chi connectivity index (χ0) is 12.0. The Morgan fingerprint density at radius 2 is 2.25 bits per heavy atom. The smallest absolute Gasteiger partial charge is 0.226 e. The number of carbonyl (C=O) groups is 1. The van der Waals surface area contributed by atoms with Crippen LogP contribution in [0.15, 0.2) is 24.3 Å². The second-order valence-corrected chi connectivity index (χ2v) is 4.33. The van der Waals surface area contributed by atoms with Crippen molar-refractivity contribution in [1.82, 2.24) is 4.90 Å². The van der Waals surface area contributed by atoms with Gasteiger partial charge in [-0.05, 0) is 17.7 Å². The minimum absolute atomic E-state index is 0.118. The lowest BCUT2D eigenvalue weighted by atomic mass is 10.1. The summed E-state index contributed by atoms with van der Waals surface area (Å²) in [5.74, 6) is 0.904. The fourth-order valence-electron chi connectivity index (χ4n) is 1.34. The van der Waals surface area contributed by atoms with Crippen LogP contribution < -0.4 is 4.74 Å². The normalized spacial score (nSPS) is 9.94. The Kier molecular flexibility index (Phi) is 5.32. The second-order valence-electron chi connectivity index (χ2n) is 3.53. The molecule has 16 heavy (non-hydrogen) atoms. The topological polar surface area (TPSA) is 29.5 Å². The van der Waals surface area contributed by atoms with Crippen LogP contribution in [-0.2, 0) is 11.2 Å². The zero-order valence-corrected chi connectivity index (χ0v) is 11.2. The molecule has 3 nitrogen and oxygen atoms in total. The zero-order valence-electron chi connectivity index (χ0n) is 9.57. The van der Waals surface area contributed by atoms with Gasteiger partial charge < -0.3 is 9.64 Å². The van der Waals surface area contributed by atoms with Gasteiger partial charge in [0, 0.05) is 18.9 Å². The fraction of sp³-hybridized carbons (Fsp3) is 0.417. The van der Waals surface area contributed by atoms with E-state index in [0.29, 0.717) is 6.42 Å². The van der Waals surface area contributed by atoms with Crippen LogP contribution >= 0.6 is 15.9 Å². The van der Waals surface area contributed by atoms with Crippen molar-refractivity contribution in [3.05, 3.63) is 29.8 Å². The van der Waals surface area contributed by atoms with E-state index in [0.717, 1.165) is 23.2 Å². The van der Waals surface area contributed by atoms with E-state index in [9.17, 15) is 4.79 Å². The third-order valence-electron chi connectivity index (χ3n) is 2.34. The van der Waals surface area contributed by atoms with Crippen molar-refractivity contribution >= 4 is 21.8 Å². The Bertz CT molecular complexity index is 355. The van der Waals surface area contributed by atoms with E-state index in [1.54, 1.807) is 12.0 Å². The van der Waals surface area contributed by atoms with E-state index in [-0.39, 0.29) is 5.91 Å². The van der Waals surface area contributed by atoms with Crippen LogP contribution in [0.5, 0.6) is 5.75 Å². The molecule has 0 aliphatic rings. The van der Waals surface area contributed by atoms with Crippen molar-refractivity contribution in [3.8, 4) is 5.75 Å². The van der Waals surface area contributed by atoms with E-state index in [1.807, 2.05) is 31.3 Å². The molecule has 0 heterocycles. The first-order valence-corrected chi connectivity index (χ1v) is 6.22. The highest BCUT2D eigenvalue weighted by Crippen LogP contribution is 2.13. The van der Waals surface area contributed by atoms with Gasteiger partial charge in [-0.15, -0.1) is 0 Å². The van der Waals surface area contributed by atoms with Crippen molar-refractivity contribution in [2.75, 3.05) is 26.0 Å². The first kappa shape index (κ1) is 13.0. The molecule has 0 radical (unpaired) electrons. The summed E-state index contributed by atoms with van der Waals surface area (Å²) in [5, 5.41) is 0.799. The number of alkyl halides is 1. The molecule has 1 aromatic rings. The van der Waals surface area contributed by atoms with Gasteiger partial charge in [-0.25, -0.2) is 0 Å². The number of carbonyl (C=O) groups excluding carboxylic acids is 1. The number of amides is 1. The third-order valence-corrected chi connectivity index (χ3v) is 2.69. The average molecular weight is 286 g/mol. The van der Waals surface area contributed by atoms with Crippen LogP contribution in [0.25, 0.3) is 0 Å². The van der Waals surface area contributed by atoms with Crippen LogP contribution in [-0.4, -0.2) is 36.8 Å². The van der Waals surface area contributed by atoms with E-state index >= 15 is 0 Å². The molecule has 1 aromatic carbocycles. The minimum atomic E-state index is 0.118. The maximum Gasteiger partial charge on any atom is 0.226 e. The SMILES string of the molecule is COc1cccc(CC(=O)N(C)CCBr)c1. The summed E-state index contributed by atoms with van der Waals surface area (Å²) in [6, 6.07) is 7.59. The van der Waals surface area contributed by atoms with Crippen molar-refractivity contribution in [2.45, 2.75) is 6.42 Å². The van der Waals surface area contributed by atoms with Crippen LogP contribution in [0.1, 0.15) is 5.56 Å². The largest absolute Gasteiger partial charge is 0.497 e. The molecule has 88 valence electrons. The lowest BCUT2D eigenvalue weighted by Crippen LogP contribution is -2.29. The van der Waals surface area contributed by atoms with Gasteiger partial charge in [0.05, 0.1) is 13.5 Å². The molecule has 0 saturated carbocycles. The molecular formula is C12H16BrNO2. The first-order chi connectivity index (χ1) is 7.67. The lowest BCUT2D eigenvalue weighted by molar-refractivity contribution is -0.128. The summed E-state index contributed by atoms with van der Waals surface area (Å²) in [6.45, 7) is 0.725. The molecular weight excluding hydrogens is 270 g/mol. The van der Waals surface area contributed by atoms with Crippen molar-refractivity contribution in [2.24, 2.45) is 0 Å². The minimum Gasteiger partial charge on any atom is -0.497 e. The number of methoxy groups -OCH3 is 1. The lowest BCUT2D eigenvalue weighted by Gasteiger charge is -2.15. The summed E-state index contributed by atoms with van der Waals surface area (Å²) >= 11 is 3.31. The number of halogens is 1. The number of hydrogen-bond acceptors (Lipinski definition) is 2. The highest BCUT2D eigenvalue weighted by atomic mass is 79.9. The van der Waals surface area contributed by atoms with Gasteiger partial charge in [0.2, 0.25) is 5.91 Å². The number of benzene rings is 1. The van der Waals surface area contributed by atoms with Gasteiger partial charge in [-0.3, -0.25) is 4.79 Å². The second kappa shape index (κ2) is 6.53. The number of rotatable bonds is 5. The summed E-state index contributed by atoms with van der Waals surface area (Å²) in [7, 11) is 3.43. The molecule has 1 rings (SSSR count). The Morgan fingerprint density at radius 1 is 1.50 bits per heavy atom. The Morgan fingerprint density at radius 3 is 2.88 bits per heavy atom. The molecule has 0 aliphatic carbocycles. The monoisotopic (exact) mass is 285 g/mol. The van der Waals surface area contributed by atoms with Gasteiger partial charge in [0.1, 0.15) is 5.75 Å². The fourth-order valence-corrected chi connectivity index (χ4v) is 1.88. The van der Waals surface area contributed by atoms with Gasteiger partial charge in [0.15, 0.2) is 0 Å². The van der Waals surface area contributed by atoms with Gasteiger partial charge >= 0.3 is 0 Å². The first-order valence-electron chi connectivity index (χ1n) is 5.10. The molecule has 0 N–H and O–H groups in total. The summed E-state index contributed by atoms with van der Waals surface area (Å²) in [5.41, 5.74) is 0.978. The Labute approximate surface area is 105 Å². The van der Waals surface area contributed by atoms with Gasteiger partial charge in [-0.1, -0.05) is 28.1 Å². The highest BCUT2D eigenvalue weighted by molar-refractivity contribution is 9.09. The van der Waals surface area contributed by atoms with Gasteiger partial charge in [0.25, 0.3) is 0 Å². The molecule has 1 amide bonds. The average Bonchev–Trinajstić information content (AvgIpc) is 2.29. The molecule has 0 unspecified atom stereocenters. The molecule has 0 bridgehead atoms. The number of nitrogens with zero attached hydrogens (tertiary/aromatic N) is 1. The maximum absolute atomic E-state index is 11.8. The van der Waals surface area contributed by atoms with Crippen molar-refractivity contribution in [1.29, 1.82) is 0 Å². The number of ether oxygens (including phenoxy) is 1. The molecule has 0 aromatic heterocycles. The van der Waals surface area contributed by atoms with Crippen LogP contribution in [0, 0.1) is 0 Å². The van der Waals surface area contributed by atoms with E-state index < -0.39 is 0 Å². The van der Waals surface area contributed by atoms with E-state index in [1.165, 1.54) is 0 Å². The van der Waals surface area contributed by atoms with Gasteiger partial charge in [-0.2, -0.15) is 0 Å². The molecule has 0 fully saturated rings. The highest BCUT2D eigenvalue weighted by Gasteiger charge is 2.09. The quantitative estimate of drug-likeness (QED) is 0.776. The Hall–Kier alpha value is -1.03. The number of hydrogen-bond donors (Lipinski definition) is 0. The van der Waals surface area contributed by atoms with Crippen LogP contribution in [0.3, 0.4) is 0 Å². The Balaban J connectivity index is 2.61. The van der Waals surface area contributed by atoms with Crippen molar-refractivity contribution in [3.63, 3.8) is 0 Å². The summed E-state index contributed by atoms with van der Waals surface area (Å²) in [6.07, 6.45) is 0.417. The van der Waals surface area contributed by atoms with Crippen LogP contribution in [0.4, 0.5) is 0 Å². The van der Waals surface area contributed by atoms with Crippen LogP contribution in [0.2, 0.25) is 0 Å². The third kappa shape index (κ3) is 3.85. The predicted molar refractivity (Wildman–Crippen MR) is 68.1 cm³/mol. The maximum atomic E-state index is 11.8. The standard InChI is InChI=1S/C12H16BrNO2/c1-14(7-6-13)12(15)9-10-4-3-5-11(8-10)16-2/h3-5,8H,6-7,9H2,1-2H3. The summed E-state index contributed by atoms with van der Waals surface area (Å²) in [4.78, 5) is 13.5. The van der Waals surface area contributed by atoms with Crippen molar-refractivity contribution < 1.29 is 9.53 Å². The summed E-state index contributed by atoms with van der Waals surface area (Å²) < 4.78 is 5.11. The van der Waals surface area contributed by atoms with E-state index in [4.69, 9.17) is 4.74 Å². The molecule has 0 atom stereocenters. The molecule has 0 spiro atoms. The molecule has 0 aliphatic heterocycles. The number of likely N-dealkylation sites (N-methyl/N-ethyl adjacent to an activating group) is 1. The molecule has 4 heteroatoms. The molecule has 0 saturated heterocycles. The predicted octanol–water partition coefficient (Wildman–Crippen LogP) is 2.09.